The van der Waals surface area contributed by atoms with Crippen LogP contribution in [0.25, 0.3) is 0 Å². The zero-order valence-electron chi connectivity index (χ0n) is 15.6. The van der Waals surface area contributed by atoms with Crippen LogP contribution in [0.15, 0.2) is 66.1 Å². The number of quaternary nitrogens is 1. The normalized spacial score (nSPS) is 12.8. The molecule has 2 aromatic carbocycles. The lowest BCUT2D eigenvalue weighted by molar-refractivity contribution is -0.907. The van der Waals surface area contributed by atoms with Crippen LogP contribution in [0.3, 0.4) is 0 Å². The Bertz CT molecular complexity index is 830. The van der Waals surface area contributed by atoms with Crippen LogP contribution in [0, 0.1) is 0 Å². The van der Waals surface area contributed by atoms with Gasteiger partial charge in [-0.3, -0.25) is 0 Å². The molecule has 0 aliphatic rings. The zero-order valence-corrected chi connectivity index (χ0v) is 16.4. The Balaban J connectivity index is 2.01. The molecule has 6 heteroatoms. The highest BCUT2D eigenvalue weighted by Gasteiger charge is 2.18. The fraction of sp³-hybridized carbons (Fsp3) is 0.300. The maximum atomic E-state index is 12.3. The number of hydrogen-bond acceptors (Lipinski definition) is 3. The van der Waals surface area contributed by atoms with Crippen molar-refractivity contribution in [1.82, 2.24) is 4.31 Å². The van der Waals surface area contributed by atoms with E-state index < -0.39 is 10.0 Å². The Morgan fingerprint density at radius 3 is 2.35 bits per heavy atom. The number of benzene rings is 2. The highest BCUT2D eigenvalue weighted by Crippen LogP contribution is 2.15. The summed E-state index contributed by atoms with van der Waals surface area (Å²) in [5, 5.41) is 0. The summed E-state index contributed by atoms with van der Waals surface area (Å²) in [6.07, 6.45) is 1.72. The van der Waals surface area contributed by atoms with Gasteiger partial charge in [0.15, 0.2) is 0 Å². The predicted octanol–water partition coefficient (Wildman–Crippen LogP) is 1.72. The van der Waals surface area contributed by atoms with Crippen LogP contribution >= 0.6 is 0 Å². The Hall–Kier alpha value is -2.15. The van der Waals surface area contributed by atoms with Crippen LogP contribution in [-0.2, 0) is 23.1 Å². The van der Waals surface area contributed by atoms with Crippen LogP contribution in [-0.4, -0.2) is 40.5 Å². The van der Waals surface area contributed by atoms with E-state index in [1.807, 2.05) is 18.2 Å². The van der Waals surface area contributed by atoms with Crippen molar-refractivity contribution in [3.8, 4) is 5.75 Å². The van der Waals surface area contributed by atoms with Crippen LogP contribution in [0.2, 0.25) is 0 Å². The molecular weight excluding hydrogens is 348 g/mol. The van der Waals surface area contributed by atoms with Gasteiger partial charge in [0, 0.05) is 25.2 Å². The molecule has 0 aromatic heterocycles. The summed E-state index contributed by atoms with van der Waals surface area (Å²) in [6.45, 7) is 5.71. The fourth-order valence-corrected chi connectivity index (χ4v) is 3.62. The molecule has 0 saturated heterocycles. The van der Waals surface area contributed by atoms with E-state index in [2.05, 4.69) is 25.8 Å². The molecule has 0 radical (unpaired) electrons. The van der Waals surface area contributed by atoms with E-state index >= 15 is 0 Å². The Morgan fingerprint density at radius 2 is 1.73 bits per heavy atom. The lowest BCUT2D eigenvalue weighted by Crippen LogP contribution is -3.06. The largest absolute Gasteiger partial charge is 0.490 e. The topological polar surface area (TPSA) is 51.1 Å². The van der Waals surface area contributed by atoms with E-state index in [0.29, 0.717) is 11.5 Å². The van der Waals surface area contributed by atoms with Crippen LogP contribution in [0.5, 0.6) is 5.75 Å². The molecule has 0 spiro atoms. The van der Waals surface area contributed by atoms with Gasteiger partial charge in [-0.25, -0.2) is 12.7 Å². The van der Waals surface area contributed by atoms with Gasteiger partial charge >= 0.3 is 0 Å². The van der Waals surface area contributed by atoms with Gasteiger partial charge in [0.25, 0.3) is 0 Å². The predicted molar refractivity (Wildman–Crippen MR) is 104 cm³/mol. The van der Waals surface area contributed by atoms with Gasteiger partial charge in [0.1, 0.15) is 25.4 Å². The standard InChI is InChI=1S/C20H26N2O3S/c1-5-13-25-19-11-9-17(10-12-19)15-22(4)16-18-7-6-8-20(14-18)26(23,24)21(2)3/h5-12,14H,1,13,15-16H2,2-4H3/p+1. The van der Waals surface area contributed by atoms with Gasteiger partial charge < -0.3 is 9.64 Å². The van der Waals surface area contributed by atoms with Gasteiger partial charge in [-0.15, -0.1) is 0 Å². The molecular formula is C20H27N2O3S+. The van der Waals surface area contributed by atoms with Crippen molar-refractivity contribution in [2.75, 3.05) is 27.7 Å². The number of nitrogens with one attached hydrogen (secondary N) is 1. The van der Waals surface area contributed by atoms with Crippen molar-refractivity contribution in [2.45, 2.75) is 18.0 Å². The first kappa shape index (κ1) is 20.2. The van der Waals surface area contributed by atoms with Crippen molar-refractivity contribution in [3.63, 3.8) is 0 Å². The fourth-order valence-electron chi connectivity index (χ4n) is 2.64. The summed E-state index contributed by atoms with van der Waals surface area (Å²) >= 11 is 0. The van der Waals surface area contributed by atoms with E-state index in [4.69, 9.17) is 4.74 Å². The third kappa shape index (κ3) is 5.42. The van der Waals surface area contributed by atoms with Gasteiger partial charge in [0.05, 0.1) is 11.9 Å². The van der Waals surface area contributed by atoms with Crippen molar-refractivity contribution in [1.29, 1.82) is 0 Å². The van der Waals surface area contributed by atoms with Crippen LogP contribution in [0.4, 0.5) is 0 Å². The minimum atomic E-state index is -3.40. The molecule has 0 bridgehead atoms. The SMILES string of the molecule is C=CCOc1ccc(C[NH+](C)Cc2cccc(S(=O)(=O)N(C)C)c2)cc1. The van der Waals surface area contributed by atoms with Crippen LogP contribution in [0.1, 0.15) is 11.1 Å². The molecule has 0 fully saturated rings. The molecule has 1 unspecified atom stereocenters. The summed E-state index contributed by atoms with van der Waals surface area (Å²) in [5.74, 6) is 0.827. The molecule has 1 N–H and O–H groups in total. The molecule has 0 amide bonds. The van der Waals surface area contributed by atoms with Crippen molar-refractivity contribution < 1.29 is 18.1 Å². The summed E-state index contributed by atoms with van der Waals surface area (Å²) in [7, 11) is 1.78. The molecule has 140 valence electrons. The van der Waals surface area contributed by atoms with Crippen LogP contribution < -0.4 is 9.64 Å². The second kappa shape index (κ2) is 8.98. The van der Waals surface area contributed by atoms with Crippen molar-refractivity contribution in [2.24, 2.45) is 0 Å². The third-order valence-corrected chi connectivity index (χ3v) is 5.79. The second-order valence-electron chi connectivity index (χ2n) is 6.49. The Labute approximate surface area is 156 Å². The third-order valence-electron chi connectivity index (χ3n) is 3.98. The first-order chi connectivity index (χ1) is 12.3. The molecule has 0 aliphatic carbocycles. The summed E-state index contributed by atoms with van der Waals surface area (Å²) < 4.78 is 31.3. The minimum absolute atomic E-state index is 0.330. The van der Waals surface area contributed by atoms with Crippen molar-refractivity contribution in [3.05, 3.63) is 72.3 Å². The smallest absolute Gasteiger partial charge is 0.242 e. The maximum absolute atomic E-state index is 12.3. The van der Waals surface area contributed by atoms with E-state index in [1.54, 1.807) is 38.4 Å². The monoisotopic (exact) mass is 375 g/mol. The quantitative estimate of drug-likeness (QED) is 0.679. The van der Waals surface area contributed by atoms with E-state index in [-0.39, 0.29) is 0 Å². The molecule has 1 atom stereocenters. The lowest BCUT2D eigenvalue weighted by atomic mass is 10.2. The van der Waals surface area contributed by atoms with Gasteiger partial charge in [-0.1, -0.05) is 24.8 Å². The Morgan fingerprint density at radius 1 is 1.08 bits per heavy atom. The van der Waals surface area contributed by atoms with E-state index in [1.165, 1.54) is 14.8 Å². The summed E-state index contributed by atoms with van der Waals surface area (Å²) in [5.41, 5.74) is 2.20. The molecule has 0 saturated carbocycles. The average molecular weight is 376 g/mol. The number of sulfonamides is 1. The minimum Gasteiger partial charge on any atom is -0.490 e. The highest BCUT2D eigenvalue weighted by molar-refractivity contribution is 7.89. The Kier molecular flexibility index (Phi) is 6.97. The van der Waals surface area contributed by atoms with Gasteiger partial charge in [0.2, 0.25) is 10.0 Å². The highest BCUT2D eigenvalue weighted by atomic mass is 32.2. The first-order valence-electron chi connectivity index (χ1n) is 8.48. The summed E-state index contributed by atoms with van der Waals surface area (Å²) in [6, 6.07) is 15.2. The molecule has 0 aliphatic heterocycles. The van der Waals surface area contributed by atoms with Gasteiger partial charge in [-0.05, 0) is 36.4 Å². The van der Waals surface area contributed by atoms with E-state index in [0.717, 1.165) is 24.4 Å². The molecule has 0 heterocycles. The first-order valence-corrected chi connectivity index (χ1v) is 9.92. The molecule has 26 heavy (non-hydrogen) atoms. The molecule has 5 nitrogen and oxygen atoms in total. The number of rotatable bonds is 9. The molecule has 2 rings (SSSR count). The average Bonchev–Trinajstić information content (AvgIpc) is 2.61. The summed E-state index contributed by atoms with van der Waals surface area (Å²) in [4.78, 5) is 1.60. The number of ether oxygens (including phenoxy) is 1. The molecule has 2 aromatic rings. The lowest BCUT2D eigenvalue weighted by Gasteiger charge is -2.16. The maximum Gasteiger partial charge on any atom is 0.242 e. The zero-order chi connectivity index (χ0) is 19.2. The van der Waals surface area contributed by atoms with Gasteiger partial charge in [-0.2, -0.15) is 0 Å². The second-order valence-corrected chi connectivity index (χ2v) is 8.64. The van der Waals surface area contributed by atoms with Crippen molar-refractivity contribution >= 4 is 10.0 Å². The van der Waals surface area contributed by atoms with E-state index in [9.17, 15) is 8.42 Å². The number of hydrogen-bond donors (Lipinski definition) is 1. The number of nitrogens with zero attached hydrogens (tertiary/aromatic N) is 1.